The van der Waals surface area contributed by atoms with Crippen LogP contribution >= 0.6 is 0 Å². The van der Waals surface area contributed by atoms with Crippen molar-refractivity contribution in [2.45, 2.75) is 13.0 Å². The van der Waals surface area contributed by atoms with E-state index in [2.05, 4.69) is 16.0 Å². The number of nitrogens with one attached hydrogen (secondary N) is 3. The summed E-state index contributed by atoms with van der Waals surface area (Å²) < 4.78 is 23.8. The number of benzene rings is 2. The van der Waals surface area contributed by atoms with Crippen LogP contribution in [0.25, 0.3) is 0 Å². The average Bonchev–Trinajstić information content (AvgIpc) is 2.69. The van der Waals surface area contributed by atoms with Crippen LogP contribution in [0.4, 0.5) is 14.9 Å². The Morgan fingerprint density at radius 2 is 1.75 bits per heavy atom. The first-order valence-corrected chi connectivity index (χ1v) is 8.49. The lowest BCUT2D eigenvalue weighted by molar-refractivity contribution is -0.113. The van der Waals surface area contributed by atoms with Crippen LogP contribution < -0.4 is 25.4 Å². The number of rotatable bonds is 5. The molecule has 0 saturated carbocycles. The third-order valence-electron chi connectivity index (χ3n) is 4.39. The normalized spacial score (nSPS) is 15.8. The van der Waals surface area contributed by atoms with Gasteiger partial charge in [0.05, 0.1) is 25.8 Å². The molecule has 0 fully saturated rings. The van der Waals surface area contributed by atoms with Crippen LogP contribution in [-0.4, -0.2) is 26.2 Å². The van der Waals surface area contributed by atoms with E-state index in [0.717, 1.165) is 5.56 Å². The zero-order chi connectivity index (χ0) is 20.3. The van der Waals surface area contributed by atoms with Gasteiger partial charge in [0.1, 0.15) is 5.82 Å². The third-order valence-corrected chi connectivity index (χ3v) is 4.39. The Kier molecular flexibility index (Phi) is 5.49. The maximum Gasteiger partial charge on any atom is 0.319 e. The minimum Gasteiger partial charge on any atom is -0.493 e. The molecule has 2 aromatic carbocycles. The van der Waals surface area contributed by atoms with E-state index in [9.17, 15) is 14.0 Å². The van der Waals surface area contributed by atoms with Gasteiger partial charge in [-0.25, -0.2) is 9.18 Å². The molecule has 8 heteroatoms. The van der Waals surface area contributed by atoms with E-state index in [4.69, 9.17) is 9.47 Å². The predicted octanol–water partition coefficient (Wildman–Crippen LogP) is 3.03. The maximum atomic E-state index is 13.2. The fourth-order valence-electron chi connectivity index (χ4n) is 2.90. The Labute approximate surface area is 161 Å². The highest BCUT2D eigenvalue weighted by atomic mass is 19.1. The second-order valence-corrected chi connectivity index (χ2v) is 6.18. The van der Waals surface area contributed by atoms with Gasteiger partial charge in [-0.05, 0) is 36.2 Å². The van der Waals surface area contributed by atoms with Crippen LogP contribution in [-0.2, 0) is 4.79 Å². The van der Waals surface area contributed by atoms with E-state index in [0.29, 0.717) is 22.7 Å². The van der Waals surface area contributed by atoms with Gasteiger partial charge >= 0.3 is 6.03 Å². The third kappa shape index (κ3) is 3.90. The molecule has 0 spiro atoms. The van der Waals surface area contributed by atoms with Crippen molar-refractivity contribution in [2.75, 3.05) is 19.5 Å². The predicted molar refractivity (Wildman–Crippen MR) is 102 cm³/mol. The molecule has 1 heterocycles. The Balaban J connectivity index is 1.90. The molecular formula is C20H20FN3O4. The fourth-order valence-corrected chi connectivity index (χ4v) is 2.90. The van der Waals surface area contributed by atoms with Gasteiger partial charge in [0, 0.05) is 18.0 Å². The standard InChI is InChI=1S/C20H20FN3O4/c1-11-8-16(27-2)17(28-3)9-15(11)23-19(25)14-10-22-20(26)24-18(14)12-4-6-13(21)7-5-12/h4-10,18H,1-3H3,(H,23,25)(H2,22,24,26). The summed E-state index contributed by atoms with van der Waals surface area (Å²) in [6.45, 7) is 1.82. The Morgan fingerprint density at radius 3 is 2.39 bits per heavy atom. The highest BCUT2D eigenvalue weighted by molar-refractivity contribution is 6.06. The van der Waals surface area contributed by atoms with Gasteiger partial charge in [-0.3, -0.25) is 4.79 Å². The number of carbonyl (C=O) groups is 2. The highest BCUT2D eigenvalue weighted by Crippen LogP contribution is 2.33. The number of amides is 3. The van der Waals surface area contributed by atoms with Gasteiger partial charge in [0.15, 0.2) is 11.5 Å². The first-order chi connectivity index (χ1) is 13.4. The molecule has 3 rings (SSSR count). The van der Waals surface area contributed by atoms with Crippen LogP contribution in [0.2, 0.25) is 0 Å². The molecule has 2 aromatic rings. The Hall–Kier alpha value is -3.55. The number of ether oxygens (including phenoxy) is 2. The lowest BCUT2D eigenvalue weighted by atomic mass is 9.97. The van der Waals surface area contributed by atoms with Crippen LogP contribution in [0.15, 0.2) is 48.2 Å². The largest absolute Gasteiger partial charge is 0.493 e. The van der Waals surface area contributed by atoms with Crippen molar-refractivity contribution in [3.63, 3.8) is 0 Å². The Morgan fingerprint density at radius 1 is 1.11 bits per heavy atom. The number of urea groups is 1. The van der Waals surface area contributed by atoms with E-state index < -0.39 is 23.8 Å². The van der Waals surface area contributed by atoms with E-state index in [1.807, 2.05) is 6.92 Å². The van der Waals surface area contributed by atoms with Crippen molar-refractivity contribution in [1.82, 2.24) is 10.6 Å². The Bertz CT molecular complexity index is 941. The molecule has 7 nitrogen and oxygen atoms in total. The molecule has 1 aliphatic heterocycles. The number of carbonyl (C=O) groups excluding carboxylic acids is 2. The lowest BCUT2D eigenvalue weighted by Gasteiger charge is -2.26. The molecular weight excluding hydrogens is 365 g/mol. The highest BCUT2D eigenvalue weighted by Gasteiger charge is 2.28. The first-order valence-electron chi connectivity index (χ1n) is 8.49. The van der Waals surface area contributed by atoms with Crippen molar-refractivity contribution in [2.24, 2.45) is 0 Å². The van der Waals surface area contributed by atoms with E-state index in [1.54, 1.807) is 12.1 Å². The molecule has 1 atom stereocenters. The molecule has 1 aliphatic rings. The molecule has 3 N–H and O–H groups in total. The zero-order valence-electron chi connectivity index (χ0n) is 15.6. The molecule has 0 radical (unpaired) electrons. The van der Waals surface area contributed by atoms with Crippen LogP contribution in [0, 0.1) is 12.7 Å². The van der Waals surface area contributed by atoms with Crippen molar-refractivity contribution in [3.8, 4) is 11.5 Å². The van der Waals surface area contributed by atoms with Gasteiger partial charge < -0.3 is 25.4 Å². The van der Waals surface area contributed by atoms with Crippen molar-refractivity contribution >= 4 is 17.6 Å². The molecule has 1 unspecified atom stereocenters. The second-order valence-electron chi connectivity index (χ2n) is 6.18. The number of methoxy groups -OCH3 is 2. The van der Waals surface area contributed by atoms with Gasteiger partial charge in [-0.15, -0.1) is 0 Å². The average molecular weight is 385 g/mol. The summed E-state index contributed by atoms with van der Waals surface area (Å²) >= 11 is 0. The maximum absolute atomic E-state index is 13.2. The summed E-state index contributed by atoms with van der Waals surface area (Å²) in [7, 11) is 3.04. The van der Waals surface area contributed by atoms with Crippen LogP contribution in [0.1, 0.15) is 17.2 Å². The molecule has 0 aromatic heterocycles. The number of hydrogen-bond acceptors (Lipinski definition) is 4. The zero-order valence-corrected chi connectivity index (χ0v) is 15.6. The number of halogens is 1. The van der Waals surface area contributed by atoms with Crippen LogP contribution in [0.3, 0.4) is 0 Å². The molecule has 28 heavy (non-hydrogen) atoms. The molecule has 3 amide bonds. The SMILES string of the molecule is COc1cc(C)c(NC(=O)C2=CNC(=O)NC2c2ccc(F)cc2)cc1OC. The second kappa shape index (κ2) is 7.99. The quantitative estimate of drug-likeness (QED) is 0.738. The molecule has 0 aliphatic carbocycles. The van der Waals surface area contributed by atoms with Gasteiger partial charge in [-0.1, -0.05) is 12.1 Å². The number of aryl methyl sites for hydroxylation is 1. The first kappa shape index (κ1) is 19.2. The van der Waals surface area contributed by atoms with Crippen LogP contribution in [0.5, 0.6) is 11.5 Å². The summed E-state index contributed by atoms with van der Waals surface area (Å²) in [5.74, 6) is 0.202. The number of hydrogen-bond donors (Lipinski definition) is 3. The summed E-state index contributed by atoms with van der Waals surface area (Å²) in [6, 6.07) is 7.84. The van der Waals surface area contributed by atoms with E-state index in [1.165, 1.54) is 44.7 Å². The van der Waals surface area contributed by atoms with Gasteiger partial charge in [0.2, 0.25) is 0 Å². The lowest BCUT2D eigenvalue weighted by Crippen LogP contribution is -2.43. The van der Waals surface area contributed by atoms with Gasteiger partial charge in [-0.2, -0.15) is 0 Å². The summed E-state index contributed by atoms with van der Waals surface area (Å²) in [5.41, 5.74) is 2.18. The number of anilines is 1. The van der Waals surface area contributed by atoms with Crippen molar-refractivity contribution in [1.29, 1.82) is 0 Å². The monoisotopic (exact) mass is 385 g/mol. The topological polar surface area (TPSA) is 88.7 Å². The molecule has 0 bridgehead atoms. The molecule has 0 saturated heterocycles. The summed E-state index contributed by atoms with van der Waals surface area (Å²) in [4.78, 5) is 24.7. The minimum atomic E-state index is -0.713. The van der Waals surface area contributed by atoms with Crippen molar-refractivity contribution < 1.29 is 23.5 Å². The molecule has 146 valence electrons. The smallest absolute Gasteiger partial charge is 0.319 e. The van der Waals surface area contributed by atoms with Gasteiger partial charge in [0.25, 0.3) is 5.91 Å². The van der Waals surface area contributed by atoms with Crippen molar-refractivity contribution in [3.05, 3.63) is 65.1 Å². The minimum absolute atomic E-state index is 0.278. The summed E-state index contributed by atoms with van der Waals surface area (Å²) in [6.07, 6.45) is 1.35. The fraction of sp³-hybridized carbons (Fsp3) is 0.200. The van der Waals surface area contributed by atoms with E-state index >= 15 is 0 Å². The van der Waals surface area contributed by atoms with E-state index in [-0.39, 0.29) is 5.57 Å². The summed E-state index contributed by atoms with van der Waals surface area (Å²) in [5, 5.41) is 7.98.